The van der Waals surface area contributed by atoms with Gasteiger partial charge in [0.15, 0.2) is 0 Å². The molecule has 1 aromatic rings. The minimum atomic E-state index is -0.482. The monoisotopic (exact) mass is 222 g/mol. The van der Waals surface area contributed by atoms with E-state index in [9.17, 15) is 4.79 Å². The molecular formula is C12H18N2O2. The van der Waals surface area contributed by atoms with Crippen LogP contribution in [0.25, 0.3) is 0 Å². The standard InChI is InChI=1S/C12H18N2O2/c1-12(2,3)16-11(15)9-6-5-7-14-10(9)8-13-4/h5-7,13H,8H2,1-4H3. The molecule has 0 saturated heterocycles. The zero-order valence-corrected chi connectivity index (χ0v) is 10.2. The van der Waals surface area contributed by atoms with Gasteiger partial charge in [-0.2, -0.15) is 0 Å². The predicted molar refractivity (Wildman–Crippen MR) is 62.2 cm³/mol. The van der Waals surface area contributed by atoms with Crippen LogP contribution in [0.4, 0.5) is 0 Å². The van der Waals surface area contributed by atoms with Gasteiger partial charge in [0.05, 0.1) is 11.3 Å². The van der Waals surface area contributed by atoms with E-state index < -0.39 is 5.60 Å². The molecule has 4 nitrogen and oxygen atoms in total. The van der Waals surface area contributed by atoms with E-state index in [0.717, 1.165) is 0 Å². The van der Waals surface area contributed by atoms with E-state index in [2.05, 4.69) is 10.3 Å². The molecule has 1 heterocycles. The van der Waals surface area contributed by atoms with Gasteiger partial charge in [-0.25, -0.2) is 4.79 Å². The summed E-state index contributed by atoms with van der Waals surface area (Å²) in [6.45, 7) is 6.09. The molecule has 0 saturated carbocycles. The van der Waals surface area contributed by atoms with Crippen molar-refractivity contribution >= 4 is 5.97 Å². The number of ether oxygens (including phenoxy) is 1. The number of carbonyl (C=O) groups excluding carboxylic acids is 1. The smallest absolute Gasteiger partial charge is 0.340 e. The molecule has 0 amide bonds. The third-order valence-electron chi connectivity index (χ3n) is 1.85. The second kappa shape index (κ2) is 5.07. The molecule has 0 radical (unpaired) electrons. The van der Waals surface area contributed by atoms with Crippen LogP contribution in [0.2, 0.25) is 0 Å². The van der Waals surface area contributed by atoms with Gasteiger partial charge in [0.2, 0.25) is 0 Å². The number of esters is 1. The minimum absolute atomic E-state index is 0.328. The molecule has 1 aromatic heterocycles. The highest BCUT2D eigenvalue weighted by atomic mass is 16.6. The van der Waals surface area contributed by atoms with Gasteiger partial charge in [-0.05, 0) is 40.0 Å². The van der Waals surface area contributed by atoms with Crippen molar-refractivity contribution in [1.29, 1.82) is 0 Å². The summed E-state index contributed by atoms with van der Waals surface area (Å²) >= 11 is 0. The van der Waals surface area contributed by atoms with Crippen molar-refractivity contribution in [3.8, 4) is 0 Å². The molecule has 4 heteroatoms. The van der Waals surface area contributed by atoms with E-state index in [0.29, 0.717) is 17.8 Å². The molecule has 0 atom stereocenters. The summed E-state index contributed by atoms with van der Waals surface area (Å²) < 4.78 is 5.30. The Bertz CT molecular complexity index is 370. The van der Waals surface area contributed by atoms with Gasteiger partial charge in [0, 0.05) is 12.7 Å². The van der Waals surface area contributed by atoms with Gasteiger partial charge >= 0.3 is 5.97 Å². The van der Waals surface area contributed by atoms with Crippen molar-refractivity contribution in [1.82, 2.24) is 10.3 Å². The summed E-state index contributed by atoms with van der Waals surface area (Å²) in [6, 6.07) is 3.46. The van der Waals surface area contributed by atoms with Crippen molar-refractivity contribution in [3.63, 3.8) is 0 Å². The normalized spacial score (nSPS) is 11.2. The fraction of sp³-hybridized carbons (Fsp3) is 0.500. The van der Waals surface area contributed by atoms with Crippen LogP contribution in [0, 0.1) is 0 Å². The van der Waals surface area contributed by atoms with E-state index in [-0.39, 0.29) is 5.97 Å². The predicted octanol–water partition coefficient (Wildman–Crippen LogP) is 1.76. The fourth-order valence-corrected chi connectivity index (χ4v) is 1.27. The van der Waals surface area contributed by atoms with E-state index in [1.54, 1.807) is 18.3 Å². The molecule has 88 valence electrons. The lowest BCUT2D eigenvalue weighted by Crippen LogP contribution is -2.25. The number of rotatable bonds is 3. The molecule has 0 aromatic carbocycles. The zero-order valence-electron chi connectivity index (χ0n) is 10.2. The lowest BCUT2D eigenvalue weighted by atomic mass is 10.1. The van der Waals surface area contributed by atoms with Crippen LogP contribution in [0.15, 0.2) is 18.3 Å². The van der Waals surface area contributed by atoms with E-state index in [1.807, 2.05) is 27.8 Å². The maximum Gasteiger partial charge on any atom is 0.340 e. The van der Waals surface area contributed by atoms with E-state index in [4.69, 9.17) is 4.74 Å². The van der Waals surface area contributed by atoms with Crippen molar-refractivity contribution < 1.29 is 9.53 Å². The molecule has 0 aliphatic heterocycles. The quantitative estimate of drug-likeness (QED) is 0.792. The maximum atomic E-state index is 11.9. The Labute approximate surface area is 96.0 Å². The number of carbonyl (C=O) groups is 1. The number of nitrogens with zero attached hydrogens (tertiary/aromatic N) is 1. The van der Waals surface area contributed by atoms with Crippen LogP contribution in [0.3, 0.4) is 0 Å². The Morgan fingerprint density at radius 2 is 2.19 bits per heavy atom. The first kappa shape index (κ1) is 12.6. The number of hydrogen-bond donors (Lipinski definition) is 1. The SMILES string of the molecule is CNCc1ncccc1C(=O)OC(C)(C)C. The molecule has 1 rings (SSSR count). The molecule has 1 N–H and O–H groups in total. The largest absolute Gasteiger partial charge is 0.456 e. The van der Waals surface area contributed by atoms with Gasteiger partial charge in [-0.3, -0.25) is 4.98 Å². The molecule has 0 bridgehead atoms. The number of nitrogens with one attached hydrogen (secondary N) is 1. The van der Waals surface area contributed by atoms with Crippen molar-refractivity contribution in [2.75, 3.05) is 7.05 Å². The highest BCUT2D eigenvalue weighted by molar-refractivity contribution is 5.90. The Morgan fingerprint density at radius 1 is 1.50 bits per heavy atom. The topological polar surface area (TPSA) is 51.2 Å². The molecule has 0 spiro atoms. The Balaban J connectivity index is 2.90. The zero-order chi connectivity index (χ0) is 12.2. The molecular weight excluding hydrogens is 204 g/mol. The van der Waals surface area contributed by atoms with Gasteiger partial charge < -0.3 is 10.1 Å². The van der Waals surface area contributed by atoms with Gasteiger partial charge in [0.25, 0.3) is 0 Å². The highest BCUT2D eigenvalue weighted by Crippen LogP contribution is 2.13. The molecule has 16 heavy (non-hydrogen) atoms. The van der Waals surface area contributed by atoms with Crippen LogP contribution in [0.5, 0.6) is 0 Å². The first-order valence-corrected chi connectivity index (χ1v) is 5.26. The van der Waals surface area contributed by atoms with Gasteiger partial charge in [0.1, 0.15) is 5.60 Å². The van der Waals surface area contributed by atoms with Crippen molar-refractivity contribution in [3.05, 3.63) is 29.6 Å². The van der Waals surface area contributed by atoms with Crippen LogP contribution >= 0.6 is 0 Å². The molecule has 0 fully saturated rings. The summed E-state index contributed by atoms with van der Waals surface area (Å²) in [5.74, 6) is -0.328. The van der Waals surface area contributed by atoms with Gasteiger partial charge in [-0.15, -0.1) is 0 Å². The lowest BCUT2D eigenvalue weighted by Gasteiger charge is -2.20. The minimum Gasteiger partial charge on any atom is -0.456 e. The average molecular weight is 222 g/mol. The Hall–Kier alpha value is -1.42. The van der Waals surface area contributed by atoms with Crippen molar-refractivity contribution in [2.24, 2.45) is 0 Å². The van der Waals surface area contributed by atoms with Gasteiger partial charge in [-0.1, -0.05) is 0 Å². The van der Waals surface area contributed by atoms with E-state index in [1.165, 1.54) is 0 Å². The second-order valence-electron chi connectivity index (χ2n) is 4.53. The number of hydrogen-bond acceptors (Lipinski definition) is 4. The average Bonchev–Trinajstić information content (AvgIpc) is 2.16. The lowest BCUT2D eigenvalue weighted by molar-refractivity contribution is 0.00677. The Kier molecular flexibility index (Phi) is 4.01. The number of aromatic nitrogens is 1. The Morgan fingerprint density at radius 3 is 2.75 bits per heavy atom. The van der Waals surface area contributed by atoms with Crippen LogP contribution < -0.4 is 5.32 Å². The fourth-order valence-electron chi connectivity index (χ4n) is 1.27. The maximum absolute atomic E-state index is 11.9. The van der Waals surface area contributed by atoms with Crippen LogP contribution in [-0.4, -0.2) is 23.6 Å². The summed E-state index contributed by atoms with van der Waals surface area (Å²) in [4.78, 5) is 16.0. The summed E-state index contributed by atoms with van der Waals surface area (Å²) in [6.07, 6.45) is 1.67. The van der Waals surface area contributed by atoms with E-state index >= 15 is 0 Å². The second-order valence-corrected chi connectivity index (χ2v) is 4.53. The molecule has 0 aliphatic rings. The third kappa shape index (κ3) is 3.62. The van der Waals surface area contributed by atoms with Crippen LogP contribution in [0.1, 0.15) is 36.8 Å². The van der Waals surface area contributed by atoms with Crippen molar-refractivity contribution in [2.45, 2.75) is 32.9 Å². The summed E-state index contributed by atoms with van der Waals surface area (Å²) in [5, 5.41) is 2.97. The van der Waals surface area contributed by atoms with Crippen LogP contribution in [-0.2, 0) is 11.3 Å². The summed E-state index contributed by atoms with van der Waals surface area (Å²) in [7, 11) is 1.81. The molecule has 0 unspecified atom stereocenters. The highest BCUT2D eigenvalue weighted by Gasteiger charge is 2.20. The molecule has 0 aliphatic carbocycles. The first-order chi connectivity index (χ1) is 7.44. The number of pyridine rings is 1. The third-order valence-corrected chi connectivity index (χ3v) is 1.85. The summed E-state index contributed by atoms with van der Waals surface area (Å²) in [5.41, 5.74) is 0.745. The first-order valence-electron chi connectivity index (χ1n) is 5.26.